The molecule has 5 nitrogen and oxygen atoms in total. The molecule has 0 aromatic heterocycles. The van der Waals surface area contributed by atoms with Crippen LogP contribution in [0.3, 0.4) is 0 Å². The Morgan fingerprint density at radius 2 is 1.92 bits per heavy atom. The molecule has 2 rings (SSSR count). The summed E-state index contributed by atoms with van der Waals surface area (Å²) in [6, 6.07) is 3.31. The van der Waals surface area contributed by atoms with Crippen LogP contribution in [-0.2, 0) is 10.0 Å². The summed E-state index contributed by atoms with van der Waals surface area (Å²) in [6.45, 7) is 8.65. The van der Waals surface area contributed by atoms with Gasteiger partial charge in [0.1, 0.15) is 5.82 Å². The highest BCUT2D eigenvalue weighted by Crippen LogP contribution is 2.27. The Bertz CT molecular complexity index is 726. The monoisotopic (exact) mass is 370 g/mol. The van der Waals surface area contributed by atoms with Crippen molar-refractivity contribution in [3.05, 3.63) is 29.6 Å². The molecule has 1 aromatic rings. The number of carbonyl (C=O) groups is 1. The first-order chi connectivity index (χ1) is 11.6. The second-order valence-electron chi connectivity index (χ2n) is 7.19. The molecule has 0 saturated carbocycles. The third kappa shape index (κ3) is 4.58. The molecule has 3 atom stereocenters. The molecule has 0 spiro atoms. The topological polar surface area (TPSA) is 66.5 Å². The van der Waals surface area contributed by atoms with E-state index in [4.69, 9.17) is 0 Å². The van der Waals surface area contributed by atoms with Crippen molar-refractivity contribution < 1.29 is 17.6 Å². The fraction of sp³-hybridized carbons (Fsp3) is 0.611. The number of carbonyl (C=O) groups excluding carboxylic acids is 1. The fourth-order valence-electron chi connectivity index (χ4n) is 3.19. The lowest BCUT2D eigenvalue weighted by molar-refractivity contribution is 0.0935. The number of nitrogens with one attached hydrogen (secondary N) is 1. The molecule has 25 heavy (non-hydrogen) atoms. The highest BCUT2D eigenvalue weighted by atomic mass is 32.2. The summed E-state index contributed by atoms with van der Waals surface area (Å²) < 4.78 is 41.3. The summed E-state index contributed by atoms with van der Waals surface area (Å²) in [4.78, 5) is 12.2. The van der Waals surface area contributed by atoms with Crippen molar-refractivity contribution in [1.82, 2.24) is 9.62 Å². The van der Waals surface area contributed by atoms with Gasteiger partial charge in [-0.25, -0.2) is 12.8 Å². The number of amides is 1. The van der Waals surface area contributed by atoms with Gasteiger partial charge in [0.25, 0.3) is 5.91 Å². The van der Waals surface area contributed by atoms with Gasteiger partial charge in [-0.05, 0) is 49.8 Å². The Morgan fingerprint density at radius 1 is 1.32 bits per heavy atom. The van der Waals surface area contributed by atoms with Crippen LogP contribution < -0.4 is 5.32 Å². The van der Waals surface area contributed by atoms with Crippen LogP contribution in [0, 0.1) is 17.7 Å². The summed E-state index contributed by atoms with van der Waals surface area (Å²) in [5.74, 6) is -0.774. The number of hydrogen-bond donors (Lipinski definition) is 1. The van der Waals surface area contributed by atoms with Gasteiger partial charge in [-0.1, -0.05) is 20.8 Å². The van der Waals surface area contributed by atoms with Crippen molar-refractivity contribution in [2.75, 3.05) is 13.1 Å². The molecular weight excluding hydrogens is 343 g/mol. The van der Waals surface area contributed by atoms with Crippen LogP contribution in [0.25, 0.3) is 0 Å². The highest BCUT2D eigenvalue weighted by Gasteiger charge is 2.32. The molecule has 1 N–H and O–H groups in total. The Kier molecular flexibility index (Phi) is 6.21. The Hall–Kier alpha value is -1.47. The van der Waals surface area contributed by atoms with Crippen LogP contribution >= 0.6 is 0 Å². The van der Waals surface area contributed by atoms with Crippen molar-refractivity contribution >= 4 is 15.9 Å². The molecule has 0 aliphatic carbocycles. The number of benzene rings is 1. The van der Waals surface area contributed by atoms with Crippen molar-refractivity contribution in [1.29, 1.82) is 0 Å². The molecule has 1 aliphatic rings. The lowest BCUT2D eigenvalue weighted by Crippen LogP contribution is -2.42. The Labute approximate surface area is 149 Å². The summed E-state index contributed by atoms with van der Waals surface area (Å²) >= 11 is 0. The second kappa shape index (κ2) is 7.83. The van der Waals surface area contributed by atoms with E-state index >= 15 is 0 Å². The molecule has 1 fully saturated rings. The lowest BCUT2D eigenvalue weighted by Gasteiger charge is -2.34. The molecule has 7 heteroatoms. The number of hydrogen-bond acceptors (Lipinski definition) is 3. The van der Waals surface area contributed by atoms with Gasteiger partial charge >= 0.3 is 0 Å². The molecule has 1 heterocycles. The van der Waals surface area contributed by atoms with Crippen molar-refractivity contribution in [3.8, 4) is 0 Å². The van der Waals surface area contributed by atoms with E-state index in [-0.39, 0.29) is 28.3 Å². The standard InChI is InChI=1S/C18H27FN2O3S/c1-5-14(4)20-18(22)16-9-15(6-7-17(16)19)25(23,24)21-10-12(2)8-13(3)11-21/h6-7,9,12-14H,5,8,10-11H2,1-4H3,(H,20,22)/t12-,13+,14-/m0/s1. The average Bonchev–Trinajstić information content (AvgIpc) is 2.53. The summed E-state index contributed by atoms with van der Waals surface area (Å²) in [7, 11) is -3.75. The predicted molar refractivity (Wildman–Crippen MR) is 95.3 cm³/mol. The summed E-state index contributed by atoms with van der Waals surface area (Å²) in [6.07, 6.45) is 1.69. The first-order valence-corrected chi connectivity index (χ1v) is 10.2. The summed E-state index contributed by atoms with van der Waals surface area (Å²) in [5.41, 5.74) is -0.237. The van der Waals surface area contributed by atoms with Crippen molar-refractivity contribution in [2.45, 2.75) is 51.5 Å². The zero-order valence-corrected chi connectivity index (χ0v) is 16.1. The van der Waals surface area contributed by atoms with Gasteiger partial charge in [0, 0.05) is 19.1 Å². The lowest BCUT2D eigenvalue weighted by atomic mass is 9.94. The Balaban J connectivity index is 2.33. The van der Waals surface area contributed by atoms with Gasteiger partial charge in [0.2, 0.25) is 10.0 Å². The van der Waals surface area contributed by atoms with E-state index in [1.54, 1.807) is 0 Å². The molecule has 1 aliphatic heterocycles. The van der Waals surface area contributed by atoms with Crippen LogP contribution in [0.15, 0.2) is 23.1 Å². The maximum absolute atomic E-state index is 14.1. The minimum absolute atomic E-state index is 0.0375. The number of piperidine rings is 1. The maximum atomic E-state index is 14.1. The van der Waals surface area contributed by atoms with E-state index in [1.807, 2.05) is 27.7 Å². The fourth-order valence-corrected chi connectivity index (χ4v) is 4.90. The van der Waals surface area contributed by atoms with E-state index < -0.39 is 21.7 Å². The van der Waals surface area contributed by atoms with Crippen LogP contribution in [0.1, 0.15) is 50.9 Å². The highest BCUT2D eigenvalue weighted by molar-refractivity contribution is 7.89. The van der Waals surface area contributed by atoms with E-state index in [0.717, 1.165) is 18.6 Å². The third-order valence-corrected chi connectivity index (χ3v) is 6.47. The van der Waals surface area contributed by atoms with E-state index in [1.165, 1.54) is 10.4 Å². The van der Waals surface area contributed by atoms with E-state index in [0.29, 0.717) is 19.5 Å². The van der Waals surface area contributed by atoms with E-state index in [2.05, 4.69) is 5.32 Å². The molecular formula is C18H27FN2O3S. The number of nitrogens with zero attached hydrogens (tertiary/aromatic N) is 1. The first-order valence-electron chi connectivity index (χ1n) is 8.75. The van der Waals surface area contributed by atoms with Crippen LogP contribution in [0.2, 0.25) is 0 Å². The minimum atomic E-state index is -3.75. The molecule has 1 aromatic carbocycles. The normalized spacial score (nSPS) is 23.2. The SMILES string of the molecule is CC[C@H](C)NC(=O)c1cc(S(=O)(=O)N2C[C@H](C)C[C@H](C)C2)ccc1F. The molecule has 0 radical (unpaired) electrons. The van der Waals surface area contributed by atoms with Gasteiger partial charge in [0.15, 0.2) is 0 Å². The quantitative estimate of drug-likeness (QED) is 0.866. The minimum Gasteiger partial charge on any atom is -0.350 e. The zero-order valence-electron chi connectivity index (χ0n) is 15.3. The Morgan fingerprint density at radius 3 is 2.48 bits per heavy atom. The van der Waals surface area contributed by atoms with Gasteiger partial charge in [-0.2, -0.15) is 4.31 Å². The van der Waals surface area contributed by atoms with Crippen molar-refractivity contribution in [3.63, 3.8) is 0 Å². The van der Waals surface area contributed by atoms with Crippen LogP contribution in [0.5, 0.6) is 0 Å². The summed E-state index contributed by atoms with van der Waals surface area (Å²) in [5, 5.41) is 2.67. The van der Waals surface area contributed by atoms with Crippen molar-refractivity contribution in [2.24, 2.45) is 11.8 Å². The van der Waals surface area contributed by atoms with E-state index in [9.17, 15) is 17.6 Å². The molecule has 0 unspecified atom stereocenters. The van der Waals surface area contributed by atoms with Gasteiger partial charge < -0.3 is 5.32 Å². The average molecular weight is 370 g/mol. The van der Waals surface area contributed by atoms with Crippen LogP contribution in [-0.4, -0.2) is 37.8 Å². The number of rotatable bonds is 5. The smallest absolute Gasteiger partial charge is 0.254 e. The zero-order chi connectivity index (χ0) is 18.8. The number of halogens is 1. The second-order valence-corrected chi connectivity index (χ2v) is 9.13. The van der Waals surface area contributed by atoms with Gasteiger partial charge in [0.05, 0.1) is 10.5 Å². The predicted octanol–water partition coefficient (Wildman–Crippen LogP) is 3.02. The molecule has 1 amide bonds. The van der Waals surface area contributed by atoms with Crippen LogP contribution in [0.4, 0.5) is 4.39 Å². The maximum Gasteiger partial charge on any atom is 0.254 e. The third-order valence-electron chi connectivity index (χ3n) is 4.65. The van der Waals surface area contributed by atoms with Gasteiger partial charge in [-0.15, -0.1) is 0 Å². The first kappa shape index (κ1) is 19.8. The largest absolute Gasteiger partial charge is 0.350 e. The van der Waals surface area contributed by atoms with Gasteiger partial charge in [-0.3, -0.25) is 4.79 Å². The number of sulfonamides is 1. The molecule has 0 bridgehead atoms. The molecule has 1 saturated heterocycles. The molecule has 140 valence electrons.